The number of ether oxygens (including phenoxy) is 1. The Bertz CT molecular complexity index is 1120. The van der Waals surface area contributed by atoms with Gasteiger partial charge in [-0.2, -0.15) is 5.26 Å². The number of nitrogens with two attached hydrogens (primary N) is 1. The molecule has 2 N–H and O–H groups in total. The van der Waals surface area contributed by atoms with Crippen molar-refractivity contribution in [3.63, 3.8) is 0 Å². The van der Waals surface area contributed by atoms with E-state index in [0.717, 1.165) is 5.52 Å². The first-order chi connectivity index (χ1) is 12.7. The number of nitrogens with zero attached hydrogens (tertiary/aromatic N) is 6. The minimum Gasteiger partial charge on any atom is -0.439 e. The molecule has 0 amide bonds. The molecular weight excluding hydrogens is 334 g/mol. The summed E-state index contributed by atoms with van der Waals surface area (Å²) < 4.78 is 12.4. The zero-order chi connectivity index (χ0) is 18.1. The van der Waals surface area contributed by atoms with Crippen molar-refractivity contribution < 1.29 is 9.37 Å². The number of imidazole rings is 1. The maximum absolute atomic E-state index is 8.86. The van der Waals surface area contributed by atoms with E-state index < -0.39 is 0 Å². The lowest BCUT2D eigenvalue weighted by Gasteiger charge is -2.06. The Hall–Kier alpha value is -3.93. The van der Waals surface area contributed by atoms with Gasteiger partial charge in [0.05, 0.1) is 23.3 Å². The average molecular weight is 347 g/mol. The fourth-order valence-electron chi connectivity index (χ4n) is 2.64. The van der Waals surface area contributed by atoms with Crippen molar-refractivity contribution in [2.45, 2.75) is 13.5 Å². The van der Waals surface area contributed by atoms with E-state index in [1.54, 1.807) is 36.5 Å². The average Bonchev–Trinajstić information content (AvgIpc) is 3.24. The Morgan fingerprint density at radius 1 is 1.27 bits per heavy atom. The van der Waals surface area contributed by atoms with Crippen molar-refractivity contribution in [2.75, 3.05) is 5.73 Å². The molecule has 0 unspecified atom stereocenters. The van der Waals surface area contributed by atoms with Gasteiger partial charge in [-0.15, -0.1) is 0 Å². The SMILES string of the molecule is CCn1c(-c2nonc2N)nc2cnc(Oc3ccc(C#N)cc3)cc21. The van der Waals surface area contributed by atoms with Crippen LogP contribution in [0.3, 0.4) is 0 Å². The van der Waals surface area contributed by atoms with Crippen LogP contribution < -0.4 is 10.5 Å². The molecule has 0 bridgehead atoms. The highest BCUT2D eigenvalue weighted by Gasteiger charge is 2.19. The lowest BCUT2D eigenvalue weighted by Crippen LogP contribution is -2.00. The summed E-state index contributed by atoms with van der Waals surface area (Å²) in [7, 11) is 0. The number of pyridine rings is 1. The van der Waals surface area contributed by atoms with E-state index in [4.69, 9.17) is 15.7 Å². The van der Waals surface area contributed by atoms with E-state index in [0.29, 0.717) is 40.8 Å². The third-order valence-electron chi connectivity index (χ3n) is 3.86. The topological polar surface area (TPSA) is 129 Å². The van der Waals surface area contributed by atoms with Crippen LogP contribution in [-0.2, 0) is 6.54 Å². The smallest absolute Gasteiger partial charge is 0.221 e. The summed E-state index contributed by atoms with van der Waals surface area (Å²) in [5.41, 5.74) is 8.24. The second-order valence-electron chi connectivity index (χ2n) is 5.43. The van der Waals surface area contributed by atoms with Gasteiger partial charge in [-0.05, 0) is 41.5 Å². The van der Waals surface area contributed by atoms with Crippen molar-refractivity contribution in [2.24, 2.45) is 0 Å². The van der Waals surface area contributed by atoms with Crippen molar-refractivity contribution in [3.05, 3.63) is 42.1 Å². The largest absolute Gasteiger partial charge is 0.439 e. The normalized spacial score (nSPS) is 10.8. The Kier molecular flexibility index (Phi) is 3.70. The lowest BCUT2D eigenvalue weighted by molar-refractivity contribution is 0.310. The predicted molar refractivity (Wildman–Crippen MR) is 92.1 cm³/mol. The number of fused-ring (bicyclic) bond motifs is 1. The number of rotatable bonds is 4. The number of hydrogen-bond donors (Lipinski definition) is 1. The van der Waals surface area contributed by atoms with Gasteiger partial charge in [0.1, 0.15) is 11.3 Å². The first-order valence-electron chi connectivity index (χ1n) is 7.82. The molecule has 0 atom stereocenters. The third kappa shape index (κ3) is 2.59. The van der Waals surface area contributed by atoms with Gasteiger partial charge in [-0.25, -0.2) is 14.6 Å². The number of nitriles is 1. The van der Waals surface area contributed by atoms with E-state index in [-0.39, 0.29) is 5.82 Å². The molecule has 0 spiro atoms. The highest BCUT2D eigenvalue weighted by atomic mass is 16.6. The molecule has 128 valence electrons. The number of benzene rings is 1. The zero-order valence-corrected chi connectivity index (χ0v) is 13.7. The van der Waals surface area contributed by atoms with Gasteiger partial charge in [0.2, 0.25) is 5.88 Å². The zero-order valence-electron chi connectivity index (χ0n) is 13.7. The number of anilines is 1. The Labute approximate surface area is 147 Å². The monoisotopic (exact) mass is 347 g/mol. The second-order valence-corrected chi connectivity index (χ2v) is 5.43. The molecule has 0 saturated carbocycles. The molecule has 0 radical (unpaired) electrons. The fraction of sp³-hybridized carbons (Fsp3) is 0.118. The van der Waals surface area contributed by atoms with E-state index in [1.165, 1.54) is 0 Å². The minimum atomic E-state index is 0.178. The second kappa shape index (κ2) is 6.18. The molecule has 9 nitrogen and oxygen atoms in total. The Balaban J connectivity index is 1.74. The Morgan fingerprint density at radius 3 is 2.73 bits per heavy atom. The summed E-state index contributed by atoms with van der Waals surface area (Å²) in [6.07, 6.45) is 1.62. The van der Waals surface area contributed by atoms with Gasteiger partial charge in [0.25, 0.3) is 0 Å². The van der Waals surface area contributed by atoms with E-state index in [2.05, 4.69) is 31.0 Å². The van der Waals surface area contributed by atoms with Crippen LogP contribution in [0.2, 0.25) is 0 Å². The molecule has 3 aromatic heterocycles. The van der Waals surface area contributed by atoms with Crippen molar-refractivity contribution in [1.82, 2.24) is 24.8 Å². The molecule has 0 aliphatic heterocycles. The quantitative estimate of drug-likeness (QED) is 0.596. The van der Waals surface area contributed by atoms with Gasteiger partial charge in [0.15, 0.2) is 17.3 Å². The Morgan fingerprint density at radius 2 is 2.08 bits per heavy atom. The molecule has 0 saturated heterocycles. The van der Waals surface area contributed by atoms with Crippen molar-refractivity contribution in [1.29, 1.82) is 5.26 Å². The molecule has 3 heterocycles. The van der Waals surface area contributed by atoms with Crippen LogP contribution in [0.25, 0.3) is 22.6 Å². The van der Waals surface area contributed by atoms with Gasteiger partial charge in [0, 0.05) is 12.6 Å². The standard InChI is InChI=1S/C17H13N7O2/c1-2-24-13-7-14(25-11-5-3-10(8-18)4-6-11)20-9-12(13)21-17(24)15-16(19)23-26-22-15/h3-7,9H,2H2,1H3,(H2,19,23). The van der Waals surface area contributed by atoms with Gasteiger partial charge >= 0.3 is 0 Å². The van der Waals surface area contributed by atoms with Crippen LogP contribution in [0.1, 0.15) is 12.5 Å². The molecule has 0 aliphatic carbocycles. The summed E-state index contributed by atoms with van der Waals surface area (Å²) in [4.78, 5) is 8.81. The molecule has 1 aromatic carbocycles. The van der Waals surface area contributed by atoms with Crippen LogP contribution in [-0.4, -0.2) is 24.8 Å². The van der Waals surface area contributed by atoms with Crippen LogP contribution in [0.4, 0.5) is 5.82 Å². The van der Waals surface area contributed by atoms with E-state index in [1.807, 2.05) is 11.5 Å². The summed E-state index contributed by atoms with van der Waals surface area (Å²) in [6, 6.07) is 10.7. The predicted octanol–water partition coefficient (Wildman–Crippen LogP) is 2.75. The number of aryl methyl sites for hydroxylation is 1. The minimum absolute atomic E-state index is 0.178. The lowest BCUT2D eigenvalue weighted by atomic mass is 10.2. The van der Waals surface area contributed by atoms with Gasteiger partial charge in [-0.1, -0.05) is 0 Å². The summed E-state index contributed by atoms with van der Waals surface area (Å²) in [5, 5.41) is 16.3. The van der Waals surface area contributed by atoms with Crippen LogP contribution in [0.5, 0.6) is 11.6 Å². The van der Waals surface area contributed by atoms with Crippen LogP contribution in [0, 0.1) is 11.3 Å². The summed E-state index contributed by atoms with van der Waals surface area (Å²) in [6.45, 7) is 2.62. The maximum atomic E-state index is 8.86. The fourth-order valence-corrected chi connectivity index (χ4v) is 2.64. The molecule has 26 heavy (non-hydrogen) atoms. The number of aromatic nitrogens is 5. The molecule has 0 fully saturated rings. The summed E-state index contributed by atoms with van der Waals surface area (Å²) in [5.74, 6) is 1.73. The molecule has 4 rings (SSSR count). The third-order valence-corrected chi connectivity index (χ3v) is 3.86. The van der Waals surface area contributed by atoms with Gasteiger partial charge in [-0.3, -0.25) is 0 Å². The maximum Gasteiger partial charge on any atom is 0.221 e. The van der Waals surface area contributed by atoms with Crippen LogP contribution in [0.15, 0.2) is 41.2 Å². The van der Waals surface area contributed by atoms with Crippen molar-refractivity contribution >= 4 is 16.9 Å². The first-order valence-corrected chi connectivity index (χ1v) is 7.82. The molecule has 0 aliphatic rings. The molecule has 9 heteroatoms. The summed E-state index contributed by atoms with van der Waals surface area (Å²) >= 11 is 0. The number of hydrogen-bond acceptors (Lipinski definition) is 8. The van der Waals surface area contributed by atoms with Gasteiger partial charge < -0.3 is 15.0 Å². The van der Waals surface area contributed by atoms with Crippen LogP contribution >= 0.6 is 0 Å². The highest BCUT2D eigenvalue weighted by Crippen LogP contribution is 2.29. The number of nitrogen functional groups attached to an aromatic ring is 1. The van der Waals surface area contributed by atoms with E-state index >= 15 is 0 Å². The first kappa shape index (κ1) is 15.6. The molecular formula is C17H13N7O2. The van der Waals surface area contributed by atoms with Crippen molar-refractivity contribution in [3.8, 4) is 29.2 Å². The highest BCUT2D eigenvalue weighted by molar-refractivity contribution is 5.81. The molecule has 4 aromatic rings. The van der Waals surface area contributed by atoms with E-state index in [9.17, 15) is 0 Å².